The van der Waals surface area contributed by atoms with Gasteiger partial charge in [-0.15, -0.1) is 11.3 Å². The molecule has 2 heterocycles. The molecule has 0 spiro atoms. The van der Waals surface area contributed by atoms with E-state index >= 15 is 0 Å². The van der Waals surface area contributed by atoms with Crippen molar-refractivity contribution in [3.8, 4) is 23.7 Å². The lowest BCUT2D eigenvalue weighted by atomic mass is 10.0. The van der Waals surface area contributed by atoms with Crippen LogP contribution in [0.15, 0.2) is 36.4 Å². The van der Waals surface area contributed by atoms with Gasteiger partial charge in [-0.25, -0.2) is 4.39 Å². The molecule has 2 atom stereocenters. The van der Waals surface area contributed by atoms with Crippen LogP contribution in [0.4, 0.5) is 28.9 Å². The van der Waals surface area contributed by atoms with E-state index in [1.807, 2.05) is 18.0 Å². The highest BCUT2D eigenvalue weighted by Gasteiger charge is 2.32. The molecule has 6 nitrogen and oxygen atoms in total. The fraction of sp³-hybridized carbons (Fsp3) is 0.414. The van der Waals surface area contributed by atoms with Crippen LogP contribution in [-0.4, -0.2) is 69.9 Å². The van der Waals surface area contributed by atoms with Crippen LogP contribution in [0.5, 0.6) is 5.75 Å². The lowest BCUT2D eigenvalue weighted by molar-refractivity contribution is -0.126. The van der Waals surface area contributed by atoms with Gasteiger partial charge in [0.1, 0.15) is 25.1 Å². The van der Waals surface area contributed by atoms with Crippen LogP contribution < -0.4 is 20.7 Å². The van der Waals surface area contributed by atoms with Gasteiger partial charge in [0.15, 0.2) is 6.61 Å². The summed E-state index contributed by atoms with van der Waals surface area (Å²) in [4.78, 5) is 2.21. The summed E-state index contributed by atoms with van der Waals surface area (Å²) >= 11 is 1.16. The van der Waals surface area contributed by atoms with E-state index in [9.17, 15) is 22.1 Å². The Morgan fingerprint density at radius 2 is 2.00 bits per heavy atom. The van der Waals surface area contributed by atoms with Crippen LogP contribution in [0, 0.1) is 23.2 Å². The number of alkyl halides is 4. The number of nitriles is 1. The minimum Gasteiger partial charge on any atom is -0.477 e. The number of halogens is 4. The van der Waals surface area contributed by atoms with E-state index in [-0.39, 0.29) is 18.7 Å². The first-order valence-electron chi connectivity index (χ1n) is 13.0. The summed E-state index contributed by atoms with van der Waals surface area (Å²) in [6.07, 6.45) is -6.07. The van der Waals surface area contributed by atoms with Gasteiger partial charge in [0.05, 0.1) is 40.0 Å². The molecular weight excluding hydrogens is 575 g/mol. The number of thiophene rings is 1. The van der Waals surface area contributed by atoms with Gasteiger partial charge < -0.3 is 24.8 Å². The van der Waals surface area contributed by atoms with Gasteiger partial charge in [0, 0.05) is 18.4 Å². The van der Waals surface area contributed by atoms with Crippen molar-refractivity contribution in [2.45, 2.75) is 31.2 Å². The Hall–Kier alpha value is -3.24. The monoisotopic (exact) mass is 606 g/mol. The number of piperidine rings is 1. The van der Waals surface area contributed by atoms with Crippen LogP contribution in [0.3, 0.4) is 0 Å². The average Bonchev–Trinajstić information content (AvgIpc) is 3.23. The highest BCUT2D eigenvalue weighted by atomic mass is 32.1. The highest BCUT2D eigenvalue weighted by molar-refractivity contribution is 7.70. The lowest BCUT2D eigenvalue weighted by Crippen LogP contribution is -2.46. The minimum atomic E-state index is -4.43. The molecule has 1 aliphatic rings. The van der Waals surface area contributed by atoms with Crippen molar-refractivity contribution in [1.29, 1.82) is 5.26 Å². The maximum Gasteiger partial charge on any atom is 0.393 e. The van der Waals surface area contributed by atoms with Gasteiger partial charge in [-0.1, -0.05) is 24.0 Å². The maximum atomic E-state index is 14.7. The Morgan fingerprint density at radius 1 is 1.22 bits per heavy atom. The maximum absolute atomic E-state index is 14.7. The number of anilines is 2. The molecule has 0 unspecified atom stereocenters. The number of likely N-dealkylation sites (tertiary alicyclic amines) is 1. The molecule has 0 saturated carbocycles. The van der Waals surface area contributed by atoms with Crippen molar-refractivity contribution in [3.05, 3.63) is 46.8 Å². The molecule has 1 aromatic heterocycles. The summed E-state index contributed by atoms with van der Waals surface area (Å²) < 4.78 is 74.0. The molecule has 218 valence electrons. The minimum absolute atomic E-state index is 0.0854. The topological polar surface area (TPSA) is 77.4 Å². The molecule has 0 amide bonds. The van der Waals surface area contributed by atoms with Gasteiger partial charge in [-0.3, -0.25) is 0 Å². The molecule has 1 aliphatic heterocycles. The van der Waals surface area contributed by atoms with Crippen LogP contribution in [0.2, 0.25) is 0 Å². The zero-order valence-corrected chi connectivity index (χ0v) is 24.7. The van der Waals surface area contributed by atoms with Crippen LogP contribution >= 0.6 is 18.5 Å². The van der Waals surface area contributed by atoms with E-state index in [0.717, 1.165) is 17.9 Å². The molecule has 2 aromatic carbocycles. The Bertz CT molecular complexity index is 1550. The summed E-state index contributed by atoms with van der Waals surface area (Å²) in [5.41, 5.74) is 1.21. The third-order valence-corrected chi connectivity index (χ3v) is 9.45. The van der Waals surface area contributed by atoms with Crippen LogP contribution in [0.1, 0.15) is 16.9 Å². The predicted octanol–water partition coefficient (Wildman–Crippen LogP) is 6.07. The summed E-state index contributed by atoms with van der Waals surface area (Å²) in [5.74, 6) is 6.14. The number of ether oxygens (including phenoxy) is 1. The van der Waals surface area contributed by atoms with Crippen LogP contribution in [-0.2, 0) is 11.0 Å². The van der Waals surface area contributed by atoms with Crippen molar-refractivity contribution in [3.63, 3.8) is 0 Å². The number of hydrogen-bond donors (Lipinski definition) is 2. The number of nitrogens with zero attached hydrogens (tertiary/aromatic N) is 2. The van der Waals surface area contributed by atoms with Crippen LogP contribution in [0.25, 0.3) is 10.1 Å². The summed E-state index contributed by atoms with van der Waals surface area (Å²) in [6, 6.07) is 11.5. The van der Waals surface area contributed by atoms with Gasteiger partial charge in [0.25, 0.3) is 0 Å². The second-order valence-electron chi connectivity index (χ2n) is 10.3. The van der Waals surface area contributed by atoms with E-state index in [2.05, 4.69) is 22.5 Å². The van der Waals surface area contributed by atoms with Crippen molar-refractivity contribution < 1.29 is 26.9 Å². The van der Waals surface area contributed by atoms with Crippen molar-refractivity contribution >= 4 is 45.2 Å². The van der Waals surface area contributed by atoms with Crippen molar-refractivity contribution in [1.82, 2.24) is 4.90 Å². The Balaban J connectivity index is 1.61. The fourth-order valence-corrected chi connectivity index (χ4v) is 6.70. The standard InChI is InChI=1S/C29H31F4N4O2PS/c1-37-14-11-23(22(30)18-37)36-25-7-4-6-20-21(17-29(31,32)33)27(41-28(20)25)8-5-13-35-24-10-9-19(40(2,3)38)16-26(24)39-15-12-34/h4,6-7,9-10,16,22-23,35-36H,11,13-15,17-18H2,1-3H3/t22-,23+/m0/s1. The number of hydrogen-bond acceptors (Lipinski definition) is 7. The molecule has 0 bridgehead atoms. The Labute approximate surface area is 241 Å². The third kappa shape index (κ3) is 7.95. The molecule has 41 heavy (non-hydrogen) atoms. The molecule has 4 rings (SSSR count). The Morgan fingerprint density at radius 3 is 2.68 bits per heavy atom. The largest absolute Gasteiger partial charge is 0.477 e. The Kier molecular flexibility index (Phi) is 9.54. The SMILES string of the molecule is CN1CC[C@@H](Nc2cccc3c(CC(F)(F)F)c(C#CCNc4ccc(P(C)(C)=O)cc4OCC#N)sc23)[C@@H](F)C1. The summed E-state index contributed by atoms with van der Waals surface area (Å²) in [5, 5.41) is 16.3. The molecule has 0 aliphatic carbocycles. The van der Waals surface area contributed by atoms with E-state index in [4.69, 9.17) is 10.00 Å². The first kappa shape index (κ1) is 30.7. The van der Waals surface area contributed by atoms with Crippen molar-refractivity contribution in [2.75, 3.05) is 57.3 Å². The smallest absolute Gasteiger partial charge is 0.393 e. The highest BCUT2D eigenvalue weighted by Crippen LogP contribution is 2.40. The average molecular weight is 607 g/mol. The fourth-order valence-electron chi connectivity index (χ4n) is 4.67. The normalized spacial score (nSPS) is 17.9. The van der Waals surface area contributed by atoms with Gasteiger partial charge >= 0.3 is 6.18 Å². The van der Waals surface area contributed by atoms with Gasteiger partial charge in [-0.05, 0) is 62.0 Å². The summed E-state index contributed by atoms with van der Waals surface area (Å²) in [7, 11) is -0.709. The molecule has 0 radical (unpaired) electrons. The first-order valence-corrected chi connectivity index (χ1v) is 16.4. The lowest BCUT2D eigenvalue weighted by Gasteiger charge is -2.33. The second kappa shape index (κ2) is 12.7. The zero-order chi connectivity index (χ0) is 29.8. The molecule has 1 saturated heterocycles. The van der Waals surface area contributed by atoms with E-state index < -0.39 is 32.0 Å². The number of nitrogens with one attached hydrogen (secondary N) is 2. The van der Waals surface area contributed by atoms with Crippen molar-refractivity contribution in [2.24, 2.45) is 0 Å². The molecule has 2 N–H and O–H groups in total. The molecular formula is C29H31F4N4O2PS. The zero-order valence-electron chi connectivity index (χ0n) is 22.9. The number of benzene rings is 2. The quantitative estimate of drug-likeness (QED) is 0.184. The number of rotatable bonds is 8. The third-order valence-electron chi connectivity index (χ3n) is 6.73. The van der Waals surface area contributed by atoms with E-state index in [0.29, 0.717) is 50.4 Å². The van der Waals surface area contributed by atoms with Gasteiger partial charge in [-0.2, -0.15) is 18.4 Å². The molecule has 3 aromatic rings. The second-order valence-corrected chi connectivity index (χ2v) is 14.6. The summed E-state index contributed by atoms with van der Waals surface area (Å²) in [6.45, 7) is 4.16. The van der Waals surface area contributed by atoms with Gasteiger partial charge in [0.2, 0.25) is 0 Å². The number of fused-ring (bicyclic) bond motifs is 1. The molecule has 1 fully saturated rings. The predicted molar refractivity (Wildman–Crippen MR) is 158 cm³/mol. The van der Waals surface area contributed by atoms with E-state index in [1.165, 1.54) is 0 Å². The molecule has 12 heteroatoms. The van der Waals surface area contributed by atoms with E-state index in [1.54, 1.807) is 49.7 Å². The first-order chi connectivity index (χ1) is 19.4.